The van der Waals surface area contributed by atoms with E-state index in [1.807, 2.05) is 31.2 Å². The van der Waals surface area contributed by atoms with Crippen molar-refractivity contribution in [2.75, 3.05) is 5.32 Å². The van der Waals surface area contributed by atoms with Gasteiger partial charge in [-0.05, 0) is 47.1 Å². The molecule has 3 rings (SSSR count). The number of carbonyl (C=O) groups is 1. The standard InChI is InChI=1S/C17H13Br2NO3/c1-9-2-4-10(5-3-9)20-17(22)15-6-11-14(23-15)7-13(18)12(8-21)16(11)19/h2-7,21H,8H2,1H3,(H,20,22). The summed E-state index contributed by atoms with van der Waals surface area (Å²) in [5.41, 5.74) is 3.10. The fraction of sp³-hybridized carbons (Fsp3) is 0.118. The normalized spacial score (nSPS) is 11.0. The van der Waals surface area contributed by atoms with E-state index in [0.717, 1.165) is 15.4 Å². The number of furan rings is 1. The summed E-state index contributed by atoms with van der Waals surface area (Å²) in [5, 5.41) is 13.0. The minimum Gasteiger partial charge on any atom is -0.451 e. The summed E-state index contributed by atoms with van der Waals surface area (Å²) in [5.74, 6) is -0.109. The number of nitrogens with one attached hydrogen (secondary N) is 1. The molecule has 0 saturated heterocycles. The van der Waals surface area contributed by atoms with Crippen molar-refractivity contribution in [3.63, 3.8) is 0 Å². The third kappa shape index (κ3) is 3.20. The third-order valence-electron chi connectivity index (χ3n) is 3.50. The number of benzene rings is 2. The molecular formula is C17H13Br2NO3. The van der Waals surface area contributed by atoms with Gasteiger partial charge in [-0.25, -0.2) is 0 Å². The van der Waals surface area contributed by atoms with Gasteiger partial charge in [0.15, 0.2) is 5.76 Å². The highest BCUT2D eigenvalue weighted by atomic mass is 79.9. The summed E-state index contributed by atoms with van der Waals surface area (Å²) in [6.45, 7) is 1.87. The summed E-state index contributed by atoms with van der Waals surface area (Å²) >= 11 is 6.83. The maximum absolute atomic E-state index is 12.3. The molecule has 0 aliphatic carbocycles. The molecule has 0 aliphatic heterocycles. The predicted octanol–water partition coefficient (Wildman–Crippen LogP) is 5.01. The lowest BCUT2D eigenvalue weighted by atomic mass is 10.1. The number of fused-ring (bicyclic) bond motifs is 1. The number of aliphatic hydroxyl groups excluding tert-OH is 1. The highest BCUT2D eigenvalue weighted by Crippen LogP contribution is 2.35. The number of hydrogen-bond donors (Lipinski definition) is 2. The van der Waals surface area contributed by atoms with Crippen LogP contribution in [0.15, 0.2) is 49.8 Å². The van der Waals surface area contributed by atoms with E-state index in [0.29, 0.717) is 21.3 Å². The van der Waals surface area contributed by atoms with Gasteiger partial charge in [0.25, 0.3) is 5.91 Å². The van der Waals surface area contributed by atoms with E-state index < -0.39 is 0 Å². The fourth-order valence-corrected chi connectivity index (χ4v) is 3.69. The first-order valence-electron chi connectivity index (χ1n) is 6.89. The van der Waals surface area contributed by atoms with E-state index >= 15 is 0 Å². The molecule has 3 aromatic rings. The highest BCUT2D eigenvalue weighted by Gasteiger charge is 2.17. The number of anilines is 1. The summed E-state index contributed by atoms with van der Waals surface area (Å²) in [4.78, 5) is 12.3. The molecule has 0 aliphatic rings. The van der Waals surface area contributed by atoms with Gasteiger partial charge >= 0.3 is 0 Å². The second-order valence-electron chi connectivity index (χ2n) is 5.15. The zero-order chi connectivity index (χ0) is 16.6. The quantitative estimate of drug-likeness (QED) is 0.604. The van der Waals surface area contributed by atoms with Crippen molar-refractivity contribution in [2.45, 2.75) is 13.5 Å². The van der Waals surface area contributed by atoms with Crippen LogP contribution < -0.4 is 5.32 Å². The van der Waals surface area contributed by atoms with Crippen molar-refractivity contribution < 1.29 is 14.3 Å². The van der Waals surface area contributed by atoms with Gasteiger partial charge in [-0.2, -0.15) is 0 Å². The minimum absolute atomic E-state index is 0.118. The first kappa shape index (κ1) is 16.2. The number of halogens is 2. The zero-order valence-electron chi connectivity index (χ0n) is 12.2. The Hall–Kier alpha value is -1.63. The number of amides is 1. The van der Waals surface area contributed by atoms with Crippen LogP contribution in [0.25, 0.3) is 11.0 Å². The summed E-state index contributed by atoms with van der Waals surface area (Å²) in [6.07, 6.45) is 0. The molecule has 0 spiro atoms. The molecule has 23 heavy (non-hydrogen) atoms. The molecule has 4 nitrogen and oxygen atoms in total. The van der Waals surface area contributed by atoms with E-state index in [-0.39, 0.29) is 18.3 Å². The number of aryl methyl sites for hydroxylation is 1. The number of aliphatic hydroxyl groups is 1. The Morgan fingerprint density at radius 2 is 1.91 bits per heavy atom. The molecule has 0 fully saturated rings. The molecule has 2 N–H and O–H groups in total. The van der Waals surface area contributed by atoms with Crippen LogP contribution in [0.3, 0.4) is 0 Å². The van der Waals surface area contributed by atoms with Crippen LogP contribution >= 0.6 is 31.9 Å². The Labute approximate surface area is 149 Å². The van der Waals surface area contributed by atoms with Crippen LogP contribution in [0, 0.1) is 6.92 Å². The number of hydrogen-bond acceptors (Lipinski definition) is 3. The molecule has 2 aromatic carbocycles. The molecule has 0 unspecified atom stereocenters. The molecule has 1 amide bonds. The first-order chi connectivity index (χ1) is 11.0. The lowest BCUT2D eigenvalue weighted by Crippen LogP contribution is -2.10. The maximum atomic E-state index is 12.3. The molecule has 0 atom stereocenters. The van der Waals surface area contributed by atoms with E-state index in [1.54, 1.807) is 12.1 Å². The molecule has 1 aromatic heterocycles. The van der Waals surface area contributed by atoms with E-state index in [2.05, 4.69) is 37.2 Å². The predicted molar refractivity (Wildman–Crippen MR) is 96.7 cm³/mol. The molecule has 6 heteroatoms. The van der Waals surface area contributed by atoms with Crippen LogP contribution in [0.2, 0.25) is 0 Å². The van der Waals surface area contributed by atoms with Crippen molar-refractivity contribution in [3.05, 3.63) is 62.2 Å². The second-order valence-corrected chi connectivity index (χ2v) is 6.80. The van der Waals surface area contributed by atoms with E-state index in [1.165, 1.54) is 0 Å². The van der Waals surface area contributed by atoms with Gasteiger partial charge in [0.1, 0.15) is 5.58 Å². The number of carbonyl (C=O) groups excluding carboxylic acids is 1. The second kappa shape index (κ2) is 6.47. The summed E-state index contributed by atoms with van der Waals surface area (Å²) < 4.78 is 7.07. The Morgan fingerprint density at radius 3 is 2.57 bits per heavy atom. The smallest absolute Gasteiger partial charge is 0.291 e. The van der Waals surface area contributed by atoms with Crippen molar-refractivity contribution in [1.29, 1.82) is 0 Å². The zero-order valence-corrected chi connectivity index (χ0v) is 15.4. The summed E-state index contributed by atoms with van der Waals surface area (Å²) in [6, 6.07) is 10.9. The lowest BCUT2D eigenvalue weighted by molar-refractivity contribution is 0.0998. The van der Waals surface area contributed by atoms with Gasteiger partial charge in [-0.15, -0.1) is 0 Å². The monoisotopic (exact) mass is 437 g/mol. The SMILES string of the molecule is Cc1ccc(NC(=O)c2cc3c(Br)c(CO)c(Br)cc3o2)cc1. The molecular weight excluding hydrogens is 426 g/mol. The highest BCUT2D eigenvalue weighted by molar-refractivity contribution is 9.11. The average Bonchev–Trinajstić information content (AvgIpc) is 2.94. The van der Waals surface area contributed by atoms with Gasteiger partial charge in [0, 0.05) is 25.6 Å². The van der Waals surface area contributed by atoms with Crippen molar-refractivity contribution >= 4 is 54.4 Å². The Kier molecular flexibility index (Phi) is 4.57. The van der Waals surface area contributed by atoms with Gasteiger partial charge in [0.2, 0.25) is 0 Å². The molecule has 0 saturated carbocycles. The van der Waals surface area contributed by atoms with Gasteiger partial charge in [-0.1, -0.05) is 33.6 Å². The first-order valence-corrected chi connectivity index (χ1v) is 8.47. The molecule has 0 bridgehead atoms. The van der Waals surface area contributed by atoms with Crippen LogP contribution in [-0.4, -0.2) is 11.0 Å². The topological polar surface area (TPSA) is 62.5 Å². The number of rotatable bonds is 3. The molecule has 1 heterocycles. The fourth-order valence-electron chi connectivity index (χ4n) is 2.24. The van der Waals surface area contributed by atoms with Crippen molar-refractivity contribution in [1.82, 2.24) is 0 Å². The third-order valence-corrected chi connectivity index (χ3v) is 5.11. The van der Waals surface area contributed by atoms with Crippen molar-refractivity contribution in [3.8, 4) is 0 Å². The van der Waals surface area contributed by atoms with Crippen LogP contribution in [0.5, 0.6) is 0 Å². The van der Waals surface area contributed by atoms with Crippen LogP contribution in [0.4, 0.5) is 5.69 Å². The van der Waals surface area contributed by atoms with E-state index in [9.17, 15) is 9.90 Å². The van der Waals surface area contributed by atoms with E-state index in [4.69, 9.17) is 4.42 Å². The Morgan fingerprint density at radius 1 is 1.22 bits per heavy atom. The Bertz CT molecular complexity index is 885. The molecule has 118 valence electrons. The summed E-state index contributed by atoms with van der Waals surface area (Å²) in [7, 11) is 0. The van der Waals surface area contributed by atoms with Crippen LogP contribution in [0.1, 0.15) is 21.7 Å². The van der Waals surface area contributed by atoms with Crippen LogP contribution in [-0.2, 0) is 6.61 Å². The van der Waals surface area contributed by atoms with Gasteiger partial charge < -0.3 is 14.8 Å². The lowest BCUT2D eigenvalue weighted by Gasteiger charge is -2.04. The average molecular weight is 439 g/mol. The largest absolute Gasteiger partial charge is 0.451 e. The van der Waals surface area contributed by atoms with Crippen molar-refractivity contribution in [2.24, 2.45) is 0 Å². The van der Waals surface area contributed by atoms with Gasteiger partial charge in [0.05, 0.1) is 6.61 Å². The maximum Gasteiger partial charge on any atom is 0.291 e. The van der Waals surface area contributed by atoms with Gasteiger partial charge in [-0.3, -0.25) is 4.79 Å². The Balaban J connectivity index is 1.95. The minimum atomic E-state index is -0.321. The molecule has 0 radical (unpaired) electrons.